The van der Waals surface area contributed by atoms with Crippen molar-refractivity contribution >= 4 is 55.3 Å². The Balaban J connectivity index is 1.59. The number of nitriles is 1. The van der Waals surface area contributed by atoms with E-state index in [0.717, 1.165) is 11.3 Å². The molecule has 2 amide bonds. The van der Waals surface area contributed by atoms with Crippen LogP contribution in [0.15, 0.2) is 24.3 Å². The molecule has 0 radical (unpaired) electrons. The molecule has 3 heterocycles. The summed E-state index contributed by atoms with van der Waals surface area (Å²) < 4.78 is 48.2. The van der Waals surface area contributed by atoms with Crippen LogP contribution in [0.3, 0.4) is 0 Å². The van der Waals surface area contributed by atoms with E-state index >= 15 is 8.78 Å². The quantitative estimate of drug-likeness (QED) is 0.224. The monoisotopic (exact) mass is 680 g/mol. The van der Waals surface area contributed by atoms with Crippen molar-refractivity contribution < 1.29 is 32.6 Å². The van der Waals surface area contributed by atoms with Crippen molar-refractivity contribution in [2.75, 3.05) is 30.9 Å². The maximum Gasteiger partial charge on any atom is 0.412 e. The van der Waals surface area contributed by atoms with Crippen LogP contribution in [0.25, 0.3) is 32.1 Å². The Morgan fingerprint density at radius 3 is 2.35 bits per heavy atom. The molecule has 2 aromatic heterocycles. The standard InChI is InChI=1S/C34H38F2N6O5S/c1-17-23(14-15-42(17)32(44)47-34(5,6)7)41(8)28-20-11-10-19(25(36)26(20)38-30(39-28)45-9)18-12-13-22(35)27-24(18)21(16-37)29(48-27)40-31(43)46-33(2,3)4/h10-13,17,23H,14-15H2,1-9H3,(H,40,43). The van der Waals surface area contributed by atoms with Gasteiger partial charge in [0.2, 0.25) is 0 Å². The summed E-state index contributed by atoms with van der Waals surface area (Å²) in [5.74, 6) is -0.971. The molecular weight excluding hydrogens is 642 g/mol. The molecular formula is C34H38F2N6O5S. The van der Waals surface area contributed by atoms with Gasteiger partial charge in [0.1, 0.15) is 39.4 Å². The number of methoxy groups -OCH3 is 1. The highest BCUT2D eigenvalue weighted by molar-refractivity contribution is 7.23. The lowest BCUT2D eigenvalue weighted by atomic mass is 9.97. The van der Waals surface area contributed by atoms with E-state index in [2.05, 4.69) is 15.3 Å². The van der Waals surface area contributed by atoms with Crippen LogP contribution in [0.2, 0.25) is 0 Å². The Morgan fingerprint density at radius 1 is 1.06 bits per heavy atom. The Labute approximate surface area is 281 Å². The Hall–Kier alpha value is -4.77. The minimum atomic E-state index is -0.810. The number of carbonyl (C=O) groups excluding carboxylic acids is 2. The molecule has 1 N–H and O–H groups in total. The molecule has 48 heavy (non-hydrogen) atoms. The van der Waals surface area contributed by atoms with Crippen molar-refractivity contribution in [2.45, 2.75) is 78.2 Å². The third kappa shape index (κ3) is 6.64. The van der Waals surface area contributed by atoms with Crippen LogP contribution in [0.1, 0.15) is 60.5 Å². The number of amides is 2. The molecule has 0 spiro atoms. The van der Waals surface area contributed by atoms with Gasteiger partial charge in [0, 0.05) is 29.9 Å². The number of carbonyl (C=O) groups is 2. The van der Waals surface area contributed by atoms with Crippen molar-refractivity contribution in [3.63, 3.8) is 0 Å². The van der Waals surface area contributed by atoms with Crippen molar-refractivity contribution in [1.82, 2.24) is 14.9 Å². The number of hydrogen-bond donors (Lipinski definition) is 1. The summed E-state index contributed by atoms with van der Waals surface area (Å²) in [6, 6.07) is 7.32. The molecule has 2 atom stereocenters. The number of nitrogens with one attached hydrogen (secondary N) is 1. The molecule has 1 saturated heterocycles. The van der Waals surface area contributed by atoms with Gasteiger partial charge in [-0.25, -0.2) is 18.4 Å². The van der Waals surface area contributed by atoms with Gasteiger partial charge in [-0.3, -0.25) is 5.32 Å². The van der Waals surface area contributed by atoms with Gasteiger partial charge < -0.3 is 24.0 Å². The lowest BCUT2D eigenvalue weighted by Gasteiger charge is -2.33. The molecule has 0 aliphatic carbocycles. The fourth-order valence-electron chi connectivity index (χ4n) is 5.86. The summed E-state index contributed by atoms with van der Waals surface area (Å²) in [6.07, 6.45) is -0.601. The number of likely N-dealkylation sites (tertiary alicyclic amines) is 1. The second kappa shape index (κ2) is 12.7. The van der Waals surface area contributed by atoms with Crippen LogP contribution < -0.4 is 15.0 Å². The fraction of sp³-hybridized carbons (Fsp3) is 0.441. The van der Waals surface area contributed by atoms with Crippen LogP contribution >= 0.6 is 11.3 Å². The van der Waals surface area contributed by atoms with E-state index in [1.165, 1.54) is 25.3 Å². The highest BCUT2D eigenvalue weighted by Gasteiger charge is 2.39. The first-order valence-electron chi connectivity index (χ1n) is 15.4. The van der Waals surface area contributed by atoms with E-state index in [9.17, 15) is 14.9 Å². The zero-order valence-electron chi connectivity index (χ0n) is 28.3. The van der Waals surface area contributed by atoms with Gasteiger partial charge in [-0.05, 0) is 72.6 Å². The number of aromatic nitrogens is 2. The van der Waals surface area contributed by atoms with Gasteiger partial charge in [0.15, 0.2) is 5.82 Å². The van der Waals surface area contributed by atoms with Crippen molar-refractivity contribution in [3.05, 3.63) is 41.5 Å². The lowest BCUT2D eigenvalue weighted by molar-refractivity contribution is 0.0233. The van der Waals surface area contributed by atoms with Gasteiger partial charge in [-0.1, -0.05) is 12.1 Å². The number of thiophene rings is 1. The molecule has 1 aliphatic heterocycles. The van der Waals surface area contributed by atoms with Crippen LogP contribution in [0.4, 0.5) is 29.2 Å². The molecule has 5 rings (SSSR count). The fourth-order valence-corrected chi connectivity index (χ4v) is 6.93. The Morgan fingerprint density at radius 2 is 1.73 bits per heavy atom. The highest BCUT2D eigenvalue weighted by atomic mass is 32.1. The average molecular weight is 681 g/mol. The number of fused-ring (bicyclic) bond motifs is 2. The van der Waals surface area contributed by atoms with Crippen molar-refractivity contribution in [1.29, 1.82) is 5.26 Å². The molecule has 1 aliphatic rings. The molecule has 254 valence electrons. The highest BCUT2D eigenvalue weighted by Crippen LogP contribution is 2.44. The van der Waals surface area contributed by atoms with E-state index in [-0.39, 0.29) is 55.4 Å². The molecule has 1 fully saturated rings. The van der Waals surface area contributed by atoms with E-state index in [4.69, 9.17) is 14.2 Å². The van der Waals surface area contributed by atoms with Crippen LogP contribution in [0.5, 0.6) is 6.01 Å². The predicted octanol–water partition coefficient (Wildman–Crippen LogP) is 7.85. The normalized spacial score (nSPS) is 16.6. The first kappa shape index (κ1) is 34.6. The maximum atomic E-state index is 16.7. The van der Waals surface area contributed by atoms with E-state index in [1.54, 1.807) is 31.7 Å². The molecule has 4 aromatic rings. The summed E-state index contributed by atoms with van der Waals surface area (Å²) >= 11 is 0.858. The number of rotatable bonds is 5. The molecule has 2 unspecified atom stereocenters. The molecule has 11 nitrogen and oxygen atoms in total. The lowest BCUT2D eigenvalue weighted by Crippen LogP contribution is -2.45. The minimum Gasteiger partial charge on any atom is -0.467 e. The Bertz CT molecular complexity index is 1960. The number of hydrogen-bond acceptors (Lipinski definition) is 10. The van der Waals surface area contributed by atoms with Crippen molar-refractivity contribution in [3.8, 4) is 23.2 Å². The third-order valence-corrected chi connectivity index (χ3v) is 9.04. The van der Waals surface area contributed by atoms with E-state index in [0.29, 0.717) is 24.2 Å². The second-order valence-corrected chi connectivity index (χ2v) is 14.6. The van der Waals surface area contributed by atoms with Gasteiger partial charge >= 0.3 is 18.2 Å². The maximum absolute atomic E-state index is 16.7. The second-order valence-electron chi connectivity index (χ2n) is 13.6. The summed E-state index contributed by atoms with van der Waals surface area (Å²) in [5, 5.41) is 13.3. The number of halogens is 2. The summed E-state index contributed by atoms with van der Waals surface area (Å²) in [4.78, 5) is 37.9. The predicted molar refractivity (Wildman–Crippen MR) is 181 cm³/mol. The first-order chi connectivity index (χ1) is 22.4. The van der Waals surface area contributed by atoms with Gasteiger partial charge in [0.05, 0.1) is 29.5 Å². The van der Waals surface area contributed by atoms with Gasteiger partial charge in [-0.15, -0.1) is 11.3 Å². The first-order valence-corrected chi connectivity index (χ1v) is 16.2. The zero-order valence-corrected chi connectivity index (χ0v) is 29.1. The summed E-state index contributed by atoms with van der Waals surface area (Å²) in [6.45, 7) is 12.9. The molecule has 0 bridgehead atoms. The number of anilines is 2. The van der Waals surface area contributed by atoms with Gasteiger partial charge in [-0.2, -0.15) is 15.2 Å². The van der Waals surface area contributed by atoms with E-state index in [1.807, 2.05) is 45.7 Å². The number of nitrogens with zero attached hydrogens (tertiary/aromatic N) is 5. The van der Waals surface area contributed by atoms with Crippen LogP contribution in [-0.2, 0) is 9.47 Å². The van der Waals surface area contributed by atoms with Crippen molar-refractivity contribution in [2.24, 2.45) is 0 Å². The Kier molecular flexibility index (Phi) is 9.13. The zero-order chi connectivity index (χ0) is 35.3. The molecule has 0 saturated carbocycles. The SMILES string of the molecule is COc1nc(N(C)C2CCN(C(=O)OC(C)(C)C)C2C)c2ccc(-c3ccc(F)c4sc(NC(=O)OC(C)(C)C)c(C#N)c34)c(F)c2n1. The third-order valence-electron chi connectivity index (χ3n) is 7.93. The van der Waals surface area contributed by atoms with Crippen LogP contribution in [0, 0.1) is 23.0 Å². The number of benzene rings is 2. The summed E-state index contributed by atoms with van der Waals surface area (Å²) in [7, 11) is 3.20. The number of likely N-dealkylation sites (N-methyl/N-ethyl adjacent to an activating group) is 1. The summed E-state index contributed by atoms with van der Waals surface area (Å²) in [5.41, 5.74) is -1.22. The van der Waals surface area contributed by atoms with E-state index < -0.39 is 35.0 Å². The number of ether oxygens (including phenoxy) is 3. The smallest absolute Gasteiger partial charge is 0.412 e. The molecule has 2 aromatic carbocycles. The van der Waals surface area contributed by atoms with Crippen LogP contribution in [-0.4, -0.2) is 71.0 Å². The average Bonchev–Trinajstić information content (AvgIpc) is 3.56. The minimum absolute atomic E-state index is 0.0275. The molecule has 14 heteroatoms. The topological polar surface area (TPSA) is 130 Å². The largest absolute Gasteiger partial charge is 0.467 e. The van der Waals surface area contributed by atoms with Gasteiger partial charge in [0.25, 0.3) is 0 Å².